The van der Waals surface area contributed by atoms with Crippen molar-refractivity contribution in [2.75, 3.05) is 18.1 Å². The Kier molecular flexibility index (Phi) is 4.93. The molecule has 1 heterocycles. The van der Waals surface area contributed by atoms with Crippen molar-refractivity contribution in [2.24, 2.45) is 5.92 Å². The van der Waals surface area contributed by atoms with E-state index >= 15 is 0 Å². The molecular weight excluding hydrogens is 212 g/mol. The predicted molar refractivity (Wildman–Crippen MR) is 62.3 cm³/mol. The third kappa shape index (κ3) is 3.68. The van der Waals surface area contributed by atoms with Crippen LogP contribution in [0.5, 0.6) is 0 Å². The van der Waals surface area contributed by atoms with Crippen molar-refractivity contribution >= 4 is 17.7 Å². The molecule has 1 aliphatic heterocycles. The first-order chi connectivity index (χ1) is 7.07. The van der Waals surface area contributed by atoms with E-state index in [-0.39, 0.29) is 0 Å². The Labute approximate surface area is 95.6 Å². The Hall–Kier alpha value is -0.220. The lowest BCUT2D eigenvalue weighted by atomic mass is 9.99. The molecule has 88 valence electrons. The lowest BCUT2D eigenvalue weighted by molar-refractivity contribution is -0.164. The van der Waals surface area contributed by atoms with Crippen molar-refractivity contribution in [1.82, 2.24) is 0 Å². The molecule has 0 aromatic heterocycles. The fourth-order valence-corrected chi connectivity index (χ4v) is 2.78. The van der Waals surface area contributed by atoms with Crippen molar-refractivity contribution in [3.8, 4) is 0 Å². The Balaban J connectivity index is 2.46. The van der Waals surface area contributed by atoms with Crippen LogP contribution in [0.25, 0.3) is 0 Å². The summed E-state index contributed by atoms with van der Waals surface area (Å²) in [6.45, 7) is 4.80. The van der Waals surface area contributed by atoms with Gasteiger partial charge in [0, 0.05) is 12.4 Å². The summed E-state index contributed by atoms with van der Waals surface area (Å²) in [6, 6.07) is 0. The van der Waals surface area contributed by atoms with E-state index in [0.717, 1.165) is 18.6 Å². The molecule has 15 heavy (non-hydrogen) atoms. The monoisotopic (exact) mass is 232 g/mol. The van der Waals surface area contributed by atoms with Crippen molar-refractivity contribution in [3.63, 3.8) is 0 Å². The van der Waals surface area contributed by atoms with Gasteiger partial charge in [0.2, 0.25) is 0 Å². The second-order valence-electron chi connectivity index (χ2n) is 4.49. The van der Waals surface area contributed by atoms with Crippen LogP contribution in [-0.4, -0.2) is 34.8 Å². The van der Waals surface area contributed by atoms with Crippen LogP contribution >= 0.6 is 11.8 Å². The van der Waals surface area contributed by atoms with E-state index in [4.69, 9.17) is 4.74 Å². The van der Waals surface area contributed by atoms with Crippen molar-refractivity contribution < 1.29 is 14.6 Å². The molecule has 1 rings (SSSR count). The zero-order valence-electron chi connectivity index (χ0n) is 9.49. The van der Waals surface area contributed by atoms with Gasteiger partial charge < -0.3 is 9.84 Å². The van der Waals surface area contributed by atoms with Gasteiger partial charge in [-0.05, 0) is 30.9 Å². The molecule has 1 fully saturated rings. The summed E-state index contributed by atoms with van der Waals surface area (Å²) in [5, 5.41) is 9.22. The highest BCUT2D eigenvalue weighted by Crippen LogP contribution is 2.30. The predicted octanol–water partition coefficient (Wildman–Crippen LogP) is 2.40. The average Bonchev–Trinajstić information content (AvgIpc) is 2.18. The summed E-state index contributed by atoms with van der Waals surface area (Å²) < 4.78 is 5.62. The van der Waals surface area contributed by atoms with E-state index in [0.29, 0.717) is 24.7 Å². The van der Waals surface area contributed by atoms with Gasteiger partial charge in [0.05, 0.1) is 0 Å². The summed E-state index contributed by atoms with van der Waals surface area (Å²) in [4.78, 5) is 11.2. The fraction of sp³-hybridized carbons (Fsp3) is 0.909. The van der Waals surface area contributed by atoms with Crippen LogP contribution < -0.4 is 0 Å². The summed E-state index contributed by atoms with van der Waals surface area (Å²) in [5.41, 5.74) is -0.905. The average molecular weight is 232 g/mol. The van der Waals surface area contributed by atoms with Crippen molar-refractivity contribution in [2.45, 2.75) is 38.7 Å². The van der Waals surface area contributed by atoms with E-state index in [1.165, 1.54) is 0 Å². The van der Waals surface area contributed by atoms with E-state index in [1.54, 1.807) is 11.8 Å². The maximum Gasteiger partial charge on any atom is 0.336 e. The lowest BCUT2D eigenvalue weighted by Crippen LogP contribution is -2.46. The Bertz CT molecular complexity index is 210. The van der Waals surface area contributed by atoms with Gasteiger partial charge in [0.25, 0.3) is 0 Å². The third-order valence-corrected chi connectivity index (χ3v) is 3.92. The highest BCUT2D eigenvalue weighted by molar-refractivity contribution is 7.99. The normalized spacial score (nSPS) is 26.9. The fourth-order valence-electron chi connectivity index (χ4n) is 1.60. The first-order valence-electron chi connectivity index (χ1n) is 5.52. The van der Waals surface area contributed by atoms with Gasteiger partial charge in [0.15, 0.2) is 5.60 Å². The van der Waals surface area contributed by atoms with Gasteiger partial charge in [-0.25, -0.2) is 4.79 Å². The molecule has 1 aliphatic rings. The third-order valence-electron chi connectivity index (χ3n) is 2.67. The zero-order valence-corrected chi connectivity index (χ0v) is 10.3. The summed E-state index contributed by atoms with van der Waals surface area (Å²) in [5.74, 6) is 1.42. The van der Waals surface area contributed by atoms with E-state index in [2.05, 4.69) is 13.8 Å². The zero-order chi connectivity index (χ0) is 11.3. The molecule has 0 saturated carbocycles. The van der Waals surface area contributed by atoms with Crippen LogP contribution in [0, 0.1) is 5.92 Å². The van der Waals surface area contributed by atoms with Crippen molar-refractivity contribution in [3.05, 3.63) is 0 Å². The second-order valence-corrected chi connectivity index (χ2v) is 5.59. The number of ether oxygens (including phenoxy) is 1. The lowest BCUT2D eigenvalue weighted by Gasteiger charge is -2.32. The standard InChI is InChI=1S/C11H20O3S/c1-9(2)4-6-14-11(10(12)13)5-3-7-15-8-11/h9H,3-8H2,1-2H3,(H,12,13). The summed E-state index contributed by atoms with van der Waals surface area (Å²) in [6.07, 6.45) is 2.53. The largest absolute Gasteiger partial charge is 0.479 e. The van der Waals surface area contributed by atoms with Gasteiger partial charge in [-0.3, -0.25) is 0 Å². The number of carboxylic acids is 1. The number of aliphatic carboxylic acids is 1. The topological polar surface area (TPSA) is 46.5 Å². The minimum atomic E-state index is -0.905. The highest BCUT2D eigenvalue weighted by atomic mass is 32.2. The molecule has 1 saturated heterocycles. The highest BCUT2D eigenvalue weighted by Gasteiger charge is 2.41. The Morgan fingerprint density at radius 2 is 2.33 bits per heavy atom. The number of rotatable bonds is 5. The summed E-state index contributed by atoms with van der Waals surface area (Å²) in [7, 11) is 0. The minimum absolute atomic E-state index is 0.560. The van der Waals surface area contributed by atoms with Gasteiger partial charge in [0.1, 0.15) is 0 Å². The molecule has 0 aromatic rings. The minimum Gasteiger partial charge on any atom is -0.479 e. The molecule has 0 aliphatic carbocycles. The number of carboxylic acid groups (broad SMARTS) is 1. The number of carbonyl (C=O) groups is 1. The van der Waals surface area contributed by atoms with Gasteiger partial charge in [-0.2, -0.15) is 11.8 Å². The first kappa shape index (κ1) is 12.8. The summed E-state index contributed by atoms with van der Waals surface area (Å²) >= 11 is 1.68. The molecule has 0 aromatic carbocycles. The number of thioether (sulfide) groups is 1. The molecular formula is C11H20O3S. The molecule has 0 bridgehead atoms. The molecule has 0 amide bonds. The molecule has 1 N–H and O–H groups in total. The van der Waals surface area contributed by atoms with Gasteiger partial charge >= 0.3 is 5.97 Å². The Morgan fingerprint density at radius 1 is 1.60 bits per heavy atom. The first-order valence-corrected chi connectivity index (χ1v) is 6.67. The maximum atomic E-state index is 11.2. The maximum absolute atomic E-state index is 11.2. The molecule has 4 heteroatoms. The second kappa shape index (κ2) is 5.75. The smallest absolute Gasteiger partial charge is 0.336 e. The van der Waals surface area contributed by atoms with Gasteiger partial charge in [-0.1, -0.05) is 13.8 Å². The molecule has 0 radical (unpaired) electrons. The van der Waals surface area contributed by atoms with Crippen LogP contribution in [0.1, 0.15) is 33.1 Å². The van der Waals surface area contributed by atoms with E-state index < -0.39 is 11.6 Å². The Morgan fingerprint density at radius 3 is 2.80 bits per heavy atom. The van der Waals surface area contributed by atoms with Crippen molar-refractivity contribution in [1.29, 1.82) is 0 Å². The molecule has 3 nitrogen and oxygen atoms in total. The molecule has 1 atom stereocenters. The SMILES string of the molecule is CC(C)CCOC1(C(=O)O)CCCSC1. The molecule has 1 unspecified atom stereocenters. The van der Waals surface area contributed by atoms with Crippen LogP contribution in [0.15, 0.2) is 0 Å². The quantitative estimate of drug-likeness (QED) is 0.790. The number of hydrogen-bond acceptors (Lipinski definition) is 3. The van der Waals surface area contributed by atoms with Crippen LogP contribution in [-0.2, 0) is 9.53 Å². The van der Waals surface area contributed by atoms with Crippen LogP contribution in [0.2, 0.25) is 0 Å². The van der Waals surface area contributed by atoms with Crippen LogP contribution in [0.4, 0.5) is 0 Å². The van der Waals surface area contributed by atoms with Gasteiger partial charge in [-0.15, -0.1) is 0 Å². The van der Waals surface area contributed by atoms with E-state index in [1.807, 2.05) is 0 Å². The number of hydrogen-bond donors (Lipinski definition) is 1. The van der Waals surface area contributed by atoms with Crippen LogP contribution in [0.3, 0.4) is 0 Å². The molecule has 0 spiro atoms. The van der Waals surface area contributed by atoms with E-state index in [9.17, 15) is 9.90 Å².